The minimum atomic E-state index is -0.161. The largest absolute Gasteiger partial charge is 0.317 e. The Morgan fingerprint density at radius 3 is 2.42 bits per heavy atom. The molecule has 19 heavy (non-hydrogen) atoms. The number of nitrogens with one attached hydrogen (secondary N) is 1. The SMILES string of the molecule is CNC1CCCC1CCN1C(=O)CC(C)(C)CC1=O. The zero-order valence-electron chi connectivity index (χ0n) is 12.4. The van der Waals surface area contributed by atoms with Crippen molar-refractivity contribution in [3.05, 3.63) is 0 Å². The van der Waals surface area contributed by atoms with Gasteiger partial charge in [-0.3, -0.25) is 14.5 Å². The zero-order chi connectivity index (χ0) is 14.0. The fourth-order valence-electron chi connectivity index (χ4n) is 3.52. The zero-order valence-corrected chi connectivity index (χ0v) is 12.4. The Morgan fingerprint density at radius 1 is 1.21 bits per heavy atom. The predicted molar refractivity (Wildman–Crippen MR) is 74.5 cm³/mol. The molecule has 2 atom stereocenters. The predicted octanol–water partition coefficient (Wildman–Crippen LogP) is 1.94. The second kappa shape index (κ2) is 5.61. The number of carbonyl (C=O) groups is 2. The van der Waals surface area contributed by atoms with Gasteiger partial charge in [-0.05, 0) is 37.6 Å². The van der Waals surface area contributed by atoms with Gasteiger partial charge in [0.2, 0.25) is 11.8 Å². The van der Waals surface area contributed by atoms with E-state index in [9.17, 15) is 9.59 Å². The topological polar surface area (TPSA) is 49.4 Å². The lowest BCUT2D eigenvalue weighted by atomic mass is 9.81. The summed E-state index contributed by atoms with van der Waals surface area (Å²) in [7, 11) is 2.00. The molecule has 2 amide bonds. The number of nitrogens with zero attached hydrogens (tertiary/aromatic N) is 1. The number of piperidine rings is 1. The van der Waals surface area contributed by atoms with E-state index in [1.165, 1.54) is 24.2 Å². The normalized spacial score (nSPS) is 31.0. The third kappa shape index (κ3) is 3.35. The summed E-state index contributed by atoms with van der Waals surface area (Å²) in [5.74, 6) is 0.640. The van der Waals surface area contributed by atoms with Gasteiger partial charge in [0.05, 0.1) is 0 Å². The van der Waals surface area contributed by atoms with E-state index in [2.05, 4.69) is 5.32 Å². The van der Waals surface area contributed by atoms with E-state index in [1.807, 2.05) is 20.9 Å². The molecule has 0 aromatic rings. The first kappa shape index (κ1) is 14.5. The number of rotatable bonds is 4. The van der Waals surface area contributed by atoms with Crippen LogP contribution in [0.1, 0.15) is 52.4 Å². The first-order valence-electron chi connectivity index (χ1n) is 7.43. The Hall–Kier alpha value is -0.900. The van der Waals surface area contributed by atoms with Crippen LogP contribution < -0.4 is 5.32 Å². The molecule has 4 nitrogen and oxygen atoms in total. The highest BCUT2D eigenvalue weighted by Crippen LogP contribution is 2.33. The number of likely N-dealkylation sites (tertiary alicyclic amines) is 1. The molecule has 0 aromatic carbocycles. The van der Waals surface area contributed by atoms with Crippen LogP contribution in [-0.4, -0.2) is 36.3 Å². The Balaban J connectivity index is 1.89. The van der Waals surface area contributed by atoms with Gasteiger partial charge in [0, 0.05) is 25.4 Å². The second-order valence-electron chi connectivity index (χ2n) is 6.83. The van der Waals surface area contributed by atoms with Crippen LogP contribution in [-0.2, 0) is 9.59 Å². The average molecular weight is 266 g/mol. The molecule has 2 unspecified atom stereocenters. The lowest BCUT2D eigenvalue weighted by Gasteiger charge is -2.35. The number of imide groups is 1. The van der Waals surface area contributed by atoms with Crippen LogP contribution in [0.4, 0.5) is 0 Å². The second-order valence-corrected chi connectivity index (χ2v) is 6.83. The molecule has 1 aliphatic carbocycles. The molecule has 1 N–H and O–H groups in total. The smallest absolute Gasteiger partial charge is 0.229 e. The minimum absolute atomic E-state index is 0.0141. The summed E-state index contributed by atoms with van der Waals surface area (Å²) < 4.78 is 0. The van der Waals surface area contributed by atoms with E-state index >= 15 is 0 Å². The summed E-state index contributed by atoms with van der Waals surface area (Å²) in [5, 5.41) is 3.35. The van der Waals surface area contributed by atoms with E-state index in [4.69, 9.17) is 0 Å². The molecule has 0 aromatic heterocycles. The van der Waals surface area contributed by atoms with E-state index in [-0.39, 0.29) is 17.2 Å². The first-order chi connectivity index (χ1) is 8.93. The van der Waals surface area contributed by atoms with Crippen LogP contribution >= 0.6 is 0 Å². The molecule has 2 rings (SSSR count). The van der Waals surface area contributed by atoms with Gasteiger partial charge in [-0.2, -0.15) is 0 Å². The maximum Gasteiger partial charge on any atom is 0.229 e. The van der Waals surface area contributed by atoms with Gasteiger partial charge < -0.3 is 5.32 Å². The van der Waals surface area contributed by atoms with Gasteiger partial charge in [-0.15, -0.1) is 0 Å². The monoisotopic (exact) mass is 266 g/mol. The molecule has 0 radical (unpaired) electrons. The van der Waals surface area contributed by atoms with Crippen molar-refractivity contribution >= 4 is 11.8 Å². The summed E-state index contributed by atoms with van der Waals surface area (Å²) in [5.41, 5.74) is -0.161. The van der Waals surface area contributed by atoms with Gasteiger partial charge in [-0.25, -0.2) is 0 Å². The molecule has 1 heterocycles. The molecule has 0 bridgehead atoms. The Bertz CT molecular complexity index is 345. The van der Waals surface area contributed by atoms with Gasteiger partial charge in [-0.1, -0.05) is 20.3 Å². The Kier molecular flexibility index (Phi) is 4.29. The Labute approximate surface area is 115 Å². The van der Waals surface area contributed by atoms with E-state index in [0.29, 0.717) is 31.3 Å². The van der Waals surface area contributed by atoms with Crippen molar-refractivity contribution in [3.8, 4) is 0 Å². The molecular weight excluding hydrogens is 240 g/mol. The van der Waals surface area contributed by atoms with Crippen molar-refractivity contribution < 1.29 is 9.59 Å². The van der Waals surface area contributed by atoms with Gasteiger partial charge >= 0.3 is 0 Å². The highest BCUT2D eigenvalue weighted by Gasteiger charge is 2.37. The van der Waals surface area contributed by atoms with Gasteiger partial charge in [0.1, 0.15) is 0 Å². The molecule has 1 saturated heterocycles. The van der Waals surface area contributed by atoms with E-state index in [0.717, 1.165) is 6.42 Å². The van der Waals surface area contributed by atoms with Crippen molar-refractivity contribution in [2.75, 3.05) is 13.6 Å². The van der Waals surface area contributed by atoms with Crippen LogP contribution in [0.5, 0.6) is 0 Å². The molecule has 1 aliphatic heterocycles. The standard InChI is InChI=1S/C15H26N2O2/c1-15(2)9-13(18)17(14(19)10-15)8-7-11-5-4-6-12(11)16-3/h11-12,16H,4-10H2,1-3H3. The van der Waals surface area contributed by atoms with E-state index < -0.39 is 0 Å². The summed E-state index contributed by atoms with van der Waals surface area (Å²) in [4.78, 5) is 25.6. The van der Waals surface area contributed by atoms with Crippen LogP contribution in [0.2, 0.25) is 0 Å². The molecule has 2 aliphatic rings. The molecule has 0 spiro atoms. The summed E-state index contributed by atoms with van der Waals surface area (Å²) in [6, 6.07) is 0.562. The quantitative estimate of drug-likeness (QED) is 0.791. The summed E-state index contributed by atoms with van der Waals surface area (Å²) in [6.45, 7) is 4.60. The first-order valence-corrected chi connectivity index (χ1v) is 7.43. The Morgan fingerprint density at radius 2 is 1.84 bits per heavy atom. The summed E-state index contributed by atoms with van der Waals surface area (Å²) in [6.07, 6.45) is 5.63. The number of amides is 2. The fourth-order valence-corrected chi connectivity index (χ4v) is 3.52. The van der Waals surface area contributed by atoms with Crippen LogP contribution in [0.3, 0.4) is 0 Å². The highest BCUT2D eigenvalue weighted by atomic mass is 16.2. The molecule has 2 fully saturated rings. The van der Waals surface area contributed by atoms with Crippen molar-refractivity contribution in [1.29, 1.82) is 0 Å². The van der Waals surface area contributed by atoms with Crippen molar-refractivity contribution in [1.82, 2.24) is 10.2 Å². The van der Waals surface area contributed by atoms with E-state index in [1.54, 1.807) is 0 Å². The van der Waals surface area contributed by atoms with Crippen molar-refractivity contribution in [2.24, 2.45) is 11.3 Å². The number of hydrogen-bond acceptors (Lipinski definition) is 3. The number of hydrogen-bond donors (Lipinski definition) is 1. The van der Waals surface area contributed by atoms with Crippen LogP contribution in [0.25, 0.3) is 0 Å². The van der Waals surface area contributed by atoms with Gasteiger partial charge in [0.15, 0.2) is 0 Å². The lowest BCUT2D eigenvalue weighted by Crippen LogP contribution is -2.47. The fraction of sp³-hybridized carbons (Fsp3) is 0.867. The maximum absolute atomic E-state index is 12.1. The molecule has 4 heteroatoms. The summed E-state index contributed by atoms with van der Waals surface area (Å²) >= 11 is 0. The maximum atomic E-state index is 12.1. The lowest BCUT2D eigenvalue weighted by molar-refractivity contribution is -0.152. The van der Waals surface area contributed by atoms with Crippen LogP contribution in [0, 0.1) is 11.3 Å². The third-order valence-electron chi connectivity index (χ3n) is 4.62. The van der Waals surface area contributed by atoms with Crippen molar-refractivity contribution in [2.45, 2.75) is 58.4 Å². The van der Waals surface area contributed by atoms with Crippen molar-refractivity contribution in [3.63, 3.8) is 0 Å². The molecular formula is C15H26N2O2. The number of carbonyl (C=O) groups excluding carboxylic acids is 2. The molecule has 108 valence electrons. The minimum Gasteiger partial charge on any atom is -0.317 e. The van der Waals surface area contributed by atoms with Crippen LogP contribution in [0.15, 0.2) is 0 Å². The molecule has 1 saturated carbocycles. The highest BCUT2D eigenvalue weighted by molar-refractivity contribution is 5.98. The van der Waals surface area contributed by atoms with Gasteiger partial charge in [0.25, 0.3) is 0 Å². The average Bonchev–Trinajstić information content (AvgIpc) is 2.73. The third-order valence-corrected chi connectivity index (χ3v) is 4.62.